The van der Waals surface area contributed by atoms with Crippen LogP contribution in [0.25, 0.3) is 0 Å². The highest BCUT2D eigenvalue weighted by Gasteiger charge is 2.19. The molecule has 8 nitrogen and oxygen atoms in total. The van der Waals surface area contributed by atoms with E-state index < -0.39 is 0 Å². The van der Waals surface area contributed by atoms with Gasteiger partial charge in [-0.15, -0.1) is 0 Å². The van der Waals surface area contributed by atoms with E-state index in [9.17, 15) is 4.79 Å². The van der Waals surface area contributed by atoms with Crippen molar-refractivity contribution in [1.82, 2.24) is 15.0 Å². The van der Waals surface area contributed by atoms with E-state index in [0.717, 1.165) is 55.0 Å². The van der Waals surface area contributed by atoms with Gasteiger partial charge in [-0.1, -0.05) is 6.07 Å². The van der Waals surface area contributed by atoms with Crippen LogP contribution in [0.3, 0.4) is 0 Å². The molecule has 2 N–H and O–H groups in total. The number of nitrogens with one attached hydrogen (secondary N) is 2. The molecule has 3 aromatic rings. The number of anilines is 5. The third-order valence-electron chi connectivity index (χ3n) is 4.71. The van der Waals surface area contributed by atoms with Crippen molar-refractivity contribution < 1.29 is 4.79 Å². The quantitative estimate of drug-likeness (QED) is 0.694. The number of hydrogen-bond acceptors (Lipinski definition) is 7. The predicted molar refractivity (Wildman–Crippen MR) is 115 cm³/mol. The van der Waals surface area contributed by atoms with Crippen molar-refractivity contribution in [2.75, 3.05) is 46.6 Å². The number of carbonyl (C=O) groups excluding carboxylic acids is 1. The zero-order valence-electron chi connectivity index (χ0n) is 16.2. The zero-order valence-corrected chi connectivity index (χ0v) is 16.2. The summed E-state index contributed by atoms with van der Waals surface area (Å²) in [5, 5.41) is 6.04. The predicted octanol–water partition coefficient (Wildman–Crippen LogP) is 2.90. The van der Waals surface area contributed by atoms with Gasteiger partial charge < -0.3 is 20.4 Å². The van der Waals surface area contributed by atoms with Gasteiger partial charge in [0.1, 0.15) is 23.8 Å². The van der Waals surface area contributed by atoms with Gasteiger partial charge >= 0.3 is 0 Å². The average molecular weight is 389 g/mol. The maximum Gasteiger partial charge on any atom is 0.221 e. The fourth-order valence-corrected chi connectivity index (χ4v) is 3.28. The highest BCUT2D eigenvalue weighted by molar-refractivity contribution is 5.88. The molecule has 4 rings (SSSR count). The molecule has 0 aliphatic carbocycles. The first kappa shape index (κ1) is 18.7. The number of aromatic nitrogens is 3. The smallest absolute Gasteiger partial charge is 0.221 e. The van der Waals surface area contributed by atoms with Crippen molar-refractivity contribution in [2.24, 2.45) is 0 Å². The highest BCUT2D eigenvalue weighted by atomic mass is 16.1. The Morgan fingerprint density at radius 3 is 2.21 bits per heavy atom. The Kier molecular flexibility index (Phi) is 5.51. The Labute approximate surface area is 169 Å². The lowest BCUT2D eigenvalue weighted by Crippen LogP contribution is -2.47. The summed E-state index contributed by atoms with van der Waals surface area (Å²) >= 11 is 0. The maximum atomic E-state index is 11.1. The Balaban J connectivity index is 1.38. The minimum absolute atomic E-state index is 0.0886. The Morgan fingerprint density at radius 1 is 0.862 bits per heavy atom. The molecule has 0 spiro atoms. The third kappa shape index (κ3) is 4.78. The number of rotatable bonds is 5. The van der Waals surface area contributed by atoms with Crippen LogP contribution in [0.2, 0.25) is 0 Å². The number of benzene rings is 1. The van der Waals surface area contributed by atoms with Gasteiger partial charge in [-0.05, 0) is 36.4 Å². The first-order chi connectivity index (χ1) is 14.2. The van der Waals surface area contributed by atoms with Gasteiger partial charge in [-0.3, -0.25) is 4.79 Å². The van der Waals surface area contributed by atoms with Gasteiger partial charge in [0, 0.05) is 56.7 Å². The summed E-state index contributed by atoms with van der Waals surface area (Å²) < 4.78 is 0. The van der Waals surface area contributed by atoms with Gasteiger partial charge in [-0.2, -0.15) is 0 Å². The van der Waals surface area contributed by atoms with Gasteiger partial charge in [0.25, 0.3) is 0 Å². The van der Waals surface area contributed by atoms with Crippen molar-refractivity contribution in [3.05, 3.63) is 61.1 Å². The van der Waals surface area contributed by atoms with Crippen LogP contribution in [0, 0.1) is 0 Å². The summed E-state index contributed by atoms with van der Waals surface area (Å²) in [6.45, 7) is 5.03. The highest BCUT2D eigenvalue weighted by Crippen LogP contribution is 2.22. The molecule has 1 aliphatic rings. The molecule has 1 saturated heterocycles. The Morgan fingerprint density at radius 2 is 1.55 bits per heavy atom. The van der Waals surface area contributed by atoms with Crippen molar-refractivity contribution in [2.45, 2.75) is 6.92 Å². The molecule has 0 atom stereocenters. The van der Waals surface area contributed by atoms with Crippen LogP contribution in [0.4, 0.5) is 28.8 Å². The number of hydrogen-bond donors (Lipinski definition) is 2. The Hall–Kier alpha value is -3.68. The number of carbonyl (C=O) groups is 1. The van der Waals surface area contributed by atoms with Crippen molar-refractivity contribution in [3.63, 3.8) is 0 Å². The second kappa shape index (κ2) is 8.55. The molecule has 0 saturated carbocycles. The van der Waals surface area contributed by atoms with Crippen LogP contribution in [0.5, 0.6) is 0 Å². The van der Waals surface area contributed by atoms with Crippen molar-refractivity contribution in [3.8, 4) is 0 Å². The number of amides is 1. The summed E-state index contributed by atoms with van der Waals surface area (Å²) in [6, 6.07) is 15.4. The Bertz CT molecular complexity index is 954. The first-order valence-corrected chi connectivity index (χ1v) is 9.55. The molecule has 0 radical (unpaired) electrons. The van der Waals surface area contributed by atoms with Gasteiger partial charge in [0.05, 0.1) is 0 Å². The molecule has 148 valence electrons. The number of piperazine rings is 1. The second-order valence-corrected chi connectivity index (χ2v) is 6.81. The second-order valence-electron chi connectivity index (χ2n) is 6.81. The molecule has 3 heterocycles. The van der Waals surface area contributed by atoms with E-state index in [4.69, 9.17) is 0 Å². The molecular weight excluding hydrogens is 366 g/mol. The molecule has 0 unspecified atom stereocenters. The van der Waals surface area contributed by atoms with Crippen LogP contribution in [0.15, 0.2) is 61.1 Å². The summed E-state index contributed by atoms with van der Waals surface area (Å²) in [5.41, 5.74) is 1.65. The number of pyridine rings is 1. The van der Waals surface area contributed by atoms with Crippen LogP contribution < -0.4 is 20.4 Å². The van der Waals surface area contributed by atoms with Crippen LogP contribution >= 0.6 is 0 Å². The van der Waals surface area contributed by atoms with E-state index in [2.05, 4.69) is 35.4 Å². The largest absolute Gasteiger partial charge is 0.353 e. The zero-order chi connectivity index (χ0) is 20.1. The van der Waals surface area contributed by atoms with E-state index in [1.165, 1.54) is 6.92 Å². The summed E-state index contributed by atoms with van der Waals surface area (Å²) in [5.74, 6) is 2.56. The molecule has 29 heavy (non-hydrogen) atoms. The van der Waals surface area contributed by atoms with E-state index in [1.54, 1.807) is 6.33 Å². The molecule has 1 amide bonds. The lowest BCUT2D eigenvalue weighted by molar-refractivity contribution is -0.114. The molecule has 8 heteroatoms. The lowest BCUT2D eigenvalue weighted by Gasteiger charge is -2.36. The summed E-state index contributed by atoms with van der Waals surface area (Å²) in [7, 11) is 0. The fourth-order valence-electron chi connectivity index (χ4n) is 3.28. The molecule has 1 aliphatic heterocycles. The van der Waals surface area contributed by atoms with Crippen LogP contribution in [0.1, 0.15) is 6.92 Å². The monoisotopic (exact) mass is 389 g/mol. The molecule has 1 aromatic carbocycles. The summed E-state index contributed by atoms with van der Waals surface area (Å²) in [4.78, 5) is 28.9. The normalized spacial score (nSPS) is 13.8. The van der Waals surface area contributed by atoms with E-state index in [0.29, 0.717) is 0 Å². The SMILES string of the molecule is CC(=O)Nc1ccc(Nc2cc(N3CCN(c4ccccn4)CC3)ncn2)cc1. The standard InChI is InChI=1S/C21H23N7O/c1-16(29)25-17-5-7-18(8-6-17)26-19-14-21(24-15-23-19)28-12-10-27(11-13-28)20-4-2-3-9-22-20/h2-9,14-15H,10-13H2,1H3,(H,25,29)(H,23,24,26). The fraction of sp³-hybridized carbons (Fsp3) is 0.238. The molecule has 2 aromatic heterocycles. The van der Waals surface area contributed by atoms with Crippen molar-refractivity contribution >= 4 is 34.7 Å². The van der Waals surface area contributed by atoms with Gasteiger partial charge in [-0.25, -0.2) is 15.0 Å². The van der Waals surface area contributed by atoms with E-state index >= 15 is 0 Å². The average Bonchev–Trinajstić information content (AvgIpc) is 2.76. The molecular formula is C21H23N7O. The first-order valence-electron chi connectivity index (χ1n) is 9.55. The number of nitrogens with zero attached hydrogens (tertiary/aromatic N) is 5. The summed E-state index contributed by atoms with van der Waals surface area (Å²) in [6.07, 6.45) is 3.40. The van der Waals surface area contributed by atoms with Crippen LogP contribution in [-0.2, 0) is 4.79 Å². The third-order valence-corrected chi connectivity index (χ3v) is 4.71. The topological polar surface area (TPSA) is 86.3 Å². The minimum atomic E-state index is -0.0886. The van der Waals surface area contributed by atoms with Gasteiger partial charge in [0.2, 0.25) is 5.91 Å². The van der Waals surface area contributed by atoms with E-state index in [-0.39, 0.29) is 5.91 Å². The lowest BCUT2D eigenvalue weighted by atomic mass is 10.2. The molecule has 0 bridgehead atoms. The molecule has 1 fully saturated rings. The van der Waals surface area contributed by atoms with Gasteiger partial charge in [0.15, 0.2) is 0 Å². The van der Waals surface area contributed by atoms with Crippen LogP contribution in [-0.4, -0.2) is 47.0 Å². The van der Waals surface area contributed by atoms with Crippen molar-refractivity contribution in [1.29, 1.82) is 0 Å². The maximum absolute atomic E-state index is 11.1. The minimum Gasteiger partial charge on any atom is -0.353 e. The van der Waals surface area contributed by atoms with E-state index in [1.807, 2.05) is 54.7 Å².